The average molecular weight is 554 g/mol. The van der Waals surface area contributed by atoms with Crippen molar-refractivity contribution in [1.82, 2.24) is 21.0 Å². The van der Waals surface area contributed by atoms with Gasteiger partial charge in [0.15, 0.2) is 0 Å². The van der Waals surface area contributed by atoms with Crippen molar-refractivity contribution in [2.45, 2.75) is 37.8 Å². The van der Waals surface area contributed by atoms with Gasteiger partial charge in [-0.2, -0.15) is 5.26 Å². The van der Waals surface area contributed by atoms with E-state index in [1.165, 1.54) is 17.7 Å². The molecule has 1 aliphatic heterocycles. The number of nitriles is 1. The van der Waals surface area contributed by atoms with E-state index < -0.39 is 0 Å². The number of hydrogen-bond acceptors (Lipinski definition) is 7. The topological polar surface area (TPSA) is 88.0 Å². The van der Waals surface area contributed by atoms with Crippen molar-refractivity contribution in [2.75, 3.05) is 17.2 Å². The van der Waals surface area contributed by atoms with Gasteiger partial charge in [0.05, 0.1) is 33.5 Å². The summed E-state index contributed by atoms with van der Waals surface area (Å²) in [6, 6.07) is 22.9. The molecule has 1 aromatic heterocycles. The molecule has 2 atom stereocenters. The third kappa shape index (κ3) is 5.39. The van der Waals surface area contributed by atoms with Crippen LogP contribution in [0, 0.1) is 17.1 Å². The van der Waals surface area contributed by atoms with Crippen molar-refractivity contribution >= 4 is 33.9 Å². The van der Waals surface area contributed by atoms with Crippen LogP contribution in [0.25, 0.3) is 10.9 Å². The average Bonchev–Trinajstić information content (AvgIpc) is 3.72. The molecular formula is C31H29ClFN7. The van der Waals surface area contributed by atoms with Gasteiger partial charge in [0.1, 0.15) is 11.9 Å². The van der Waals surface area contributed by atoms with Crippen molar-refractivity contribution in [3.05, 3.63) is 112 Å². The van der Waals surface area contributed by atoms with Gasteiger partial charge in [-0.25, -0.2) is 4.39 Å². The maximum atomic E-state index is 13.8. The number of halogens is 2. The molecule has 3 aromatic carbocycles. The van der Waals surface area contributed by atoms with Crippen LogP contribution in [-0.4, -0.2) is 22.6 Å². The summed E-state index contributed by atoms with van der Waals surface area (Å²) in [6.07, 6.45) is 5.89. The van der Waals surface area contributed by atoms with Crippen molar-refractivity contribution in [2.24, 2.45) is 0 Å². The summed E-state index contributed by atoms with van der Waals surface area (Å²) >= 11 is 6.76. The molecule has 6 rings (SSSR count). The Kier molecular flexibility index (Phi) is 7.16. The molecule has 0 saturated heterocycles. The third-order valence-electron chi connectivity index (χ3n) is 7.37. The first-order valence-electron chi connectivity index (χ1n) is 13.3. The Balaban J connectivity index is 1.35. The number of hydrazine groups is 2. The minimum atomic E-state index is -0.313. The first-order chi connectivity index (χ1) is 19.5. The highest BCUT2D eigenvalue weighted by Crippen LogP contribution is 2.37. The number of rotatable bonds is 9. The fourth-order valence-corrected chi connectivity index (χ4v) is 5.24. The predicted molar refractivity (Wildman–Crippen MR) is 157 cm³/mol. The maximum absolute atomic E-state index is 13.8. The van der Waals surface area contributed by atoms with E-state index in [4.69, 9.17) is 11.6 Å². The van der Waals surface area contributed by atoms with Gasteiger partial charge in [-0.3, -0.25) is 9.99 Å². The molecule has 4 N–H and O–H groups in total. The highest BCUT2D eigenvalue weighted by atomic mass is 35.5. The van der Waals surface area contributed by atoms with E-state index in [9.17, 15) is 9.65 Å². The molecule has 1 unspecified atom stereocenters. The highest BCUT2D eigenvalue weighted by molar-refractivity contribution is 6.35. The van der Waals surface area contributed by atoms with Crippen LogP contribution in [0.5, 0.6) is 0 Å². The molecule has 0 bridgehead atoms. The SMILES string of the molecule is C[C@H](CNc1c(C#N)cnc2c(Cl)cc(NC(C3=CN(C4CC4)NN3)c3ccc(F)cc3)cc12)c1ccccc1. The molecule has 9 heteroatoms. The molecule has 202 valence electrons. The van der Waals surface area contributed by atoms with Crippen molar-refractivity contribution in [3.8, 4) is 6.07 Å². The maximum Gasteiger partial charge on any atom is 0.123 e. The summed E-state index contributed by atoms with van der Waals surface area (Å²) in [7, 11) is 0. The molecule has 40 heavy (non-hydrogen) atoms. The van der Waals surface area contributed by atoms with E-state index in [0.29, 0.717) is 34.4 Å². The molecule has 7 nitrogen and oxygen atoms in total. The van der Waals surface area contributed by atoms with Crippen LogP contribution in [0.1, 0.15) is 48.4 Å². The Morgan fingerprint density at radius 2 is 1.90 bits per heavy atom. The van der Waals surface area contributed by atoms with Crippen molar-refractivity contribution in [3.63, 3.8) is 0 Å². The monoisotopic (exact) mass is 553 g/mol. The van der Waals surface area contributed by atoms with E-state index in [-0.39, 0.29) is 17.8 Å². The first kappa shape index (κ1) is 25.9. The van der Waals surface area contributed by atoms with E-state index in [1.54, 1.807) is 18.3 Å². The molecule has 0 amide bonds. The second kappa shape index (κ2) is 11.0. The smallest absolute Gasteiger partial charge is 0.123 e. The van der Waals surface area contributed by atoms with Crippen LogP contribution in [0.3, 0.4) is 0 Å². The Labute approximate surface area is 237 Å². The summed E-state index contributed by atoms with van der Waals surface area (Å²) in [6.45, 7) is 2.77. The molecule has 4 aromatic rings. The minimum absolute atomic E-state index is 0.220. The lowest BCUT2D eigenvalue weighted by molar-refractivity contribution is 0.260. The first-order valence-corrected chi connectivity index (χ1v) is 13.7. The Bertz CT molecular complexity index is 1600. The van der Waals surface area contributed by atoms with Crippen LogP contribution in [0.15, 0.2) is 84.8 Å². The molecule has 0 radical (unpaired) electrons. The van der Waals surface area contributed by atoms with Gasteiger partial charge in [0.25, 0.3) is 0 Å². The second-order valence-corrected chi connectivity index (χ2v) is 10.7. The van der Waals surface area contributed by atoms with E-state index >= 15 is 0 Å². The van der Waals surface area contributed by atoms with Gasteiger partial charge in [-0.05, 0) is 54.2 Å². The second-order valence-electron chi connectivity index (χ2n) is 10.3. The van der Waals surface area contributed by atoms with E-state index in [1.807, 2.05) is 30.3 Å². The molecule has 0 spiro atoms. The Morgan fingerprint density at radius 1 is 1.12 bits per heavy atom. The van der Waals surface area contributed by atoms with Crippen LogP contribution >= 0.6 is 11.6 Å². The van der Waals surface area contributed by atoms with Gasteiger partial charge >= 0.3 is 0 Å². The number of benzene rings is 3. The normalized spacial score (nSPS) is 16.1. The summed E-state index contributed by atoms with van der Waals surface area (Å²) in [5.74, 6) is -0.0733. The Morgan fingerprint density at radius 3 is 2.62 bits per heavy atom. The van der Waals surface area contributed by atoms with E-state index in [0.717, 1.165) is 35.2 Å². The molecular weight excluding hydrogens is 525 g/mol. The zero-order chi connectivity index (χ0) is 27.6. The number of anilines is 2. The number of fused-ring (bicyclic) bond motifs is 1. The lowest BCUT2D eigenvalue weighted by Gasteiger charge is -2.22. The number of pyridine rings is 1. The van der Waals surface area contributed by atoms with Gasteiger partial charge in [-0.15, -0.1) is 5.53 Å². The fraction of sp³-hybridized carbons (Fsp3) is 0.226. The minimum Gasteiger partial charge on any atom is -0.383 e. The fourth-order valence-electron chi connectivity index (χ4n) is 4.97. The van der Waals surface area contributed by atoms with Crippen LogP contribution in [-0.2, 0) is 0 Å². The molecule has 1 aliphatic carbocycles. The molecule has 2 heterocycles. The van der Waals surface area contributed by atoms with Gasteiger partial charge in [0, 0.05) is 36.1 Å². The summed E-state index contributed by atoms with van der Waals surface area (Å²) in [5, 5.41) is 20.3. The van der Waals surface area contributed by atoms with Gasteiger partial charge in [-0.1, -0.05) is 61.0 Å². The number of hydrogen-bond donors (Lipinski definition) is 4. The molecule has 2 aliphatic rings. The molecule has 1 fully saturated rings. The highest BCUT2D eigenvalue weighted by Gasteiger charge is 2.32. The number of nitrogens with zero attached hydrogens (tertiary/aromatic N) is 3. The summed E-state index contributed by atoms with van der Waals surface area (Å²) in [5.41, 5.74) is 12.0. The lowest BCUT2D eigenvalue weighted by atomic mass is 10.0. The van der Waals surface area contributed by atoms with Crippen molar-refractivity contribution in [1.29, 1.82) is 5.26 Å². The van der Waals surface area contributed by atoms with Crippen molar-refractivity contribution < 1.29 is 4.39 Å². The van der Waals surface area contributed by atoms with Crippen LogP contribution < -0.4 is 21.6 Å². The van der Waals surface area contributed by atoms with Crippen LogP contribution in [0.2, 0.25) is 5.02 Å². The standard InChI is InChI=1S/C31H29ClFN7/c1-19(20-5-3-2-4-6-20)16-35-29-22(15-34)17-36-31-26(29)13-24(14-27(31)32)37-30(21-7-9-23(33)10-8-21)28-18-40(39-38-28)25-11-12-25/h2-10,13-14,17-19,25,30,37-39H,11-12,16H2,1H3,(H,35,36)/t19-,30?/m1/s1. The van der Waals surface area contributed by atoms with Gasteiger partial charge < -0.3 is 16.1 Å². The van der Waals surface area contributed by atoms with E-state index in [2.05, 4.69) is 62.9 Å². The van der Waals surface area contributed by atoms with Crippen LogP contribution in [0.4, 0.5) is 15.8 Å². The number of nitrogens with one attached hydrogen (secondary N) is 4. The predicted octanol–water partition coefficient (Wildman–Crippen LogP) is 6.60. The quantitative estimate of drug-likeness (QED) is 0.186. The zero-order valence-corrected chi connectivity index (χ0v) is 22.7. The van der Waals surface area contributed by atoms with Gasteiger partial charge in [0.2, 0.25) is 0 Å². The zero-order valence-electron chi connectivity index (χ0n) is 22.0. The lowest BCUT2D eigenvalue weighted by Crippen LogP contribution is -2.38. The number of aromatic nitrogens is 1. The molecule has 1 saturated carbocycles. The Hall–Kier alpha value is -4.32. The summed E-state index contributed by atoms with van der Waals surface area (Å²) < 4.78 is 13.8. The summed E-state index contributed by atoms with van der Waals surface area (Å²) in [4.78, 5) is 4.50. The third-order valence-corrected chi connectivity index (χ3v) is 7.66. The largest absolute Gasteiger partial charge is 0.383 e.